The molecular formula is C25H28N2O4S. The van der Waals surface area contributed by atoms with Crippen LogP contribution in [0.5, 0.6) is 0 Å². The van der Waals surface area contributed by atoms with Crippen molar-refractivity contribution < 1.29 is 18.7 Å². The van der Waals surface area contributed by atoms with E-state index in [2.05, 4.69) is 11.0 Å². The molecule has 0 bridgehead atoms. The summed E-state index contributed by atoms with van der Waals surface area (Å²) in [6.45, 7) is 3.99. The van der Waals surface area contributed by atoms with Gasteiger partial charge in [-0.1, -0.05) is 12.1 Å². The van der Waals surface area contributed by atoms with Crippen molar-refractivity contribution in [3.05, 3.63) is 65.8 Å². The molecule has 6 nitrogen and oxygen atoms in total. The highest BCUT2D eigenvalue weighted by Gasteiger charge is 2.34. The molecule has 0 spiro atoms. The zero-order valence-electron chi connectivity index (χ0n) is 18.0. The fourth-order valence-corrected chi connectivity index (χ4v) is 5.36. The van der Waals surface area contributed by atoms with Gasteiger partial charge in [0.25, 0.3) is 5.91 Å². The number of amides is 1. The van der Waals surface area contributed by atoms with Crippen LogP contribution < -0.4 is 0 Å². The summed E-state index contributed by atoms with van der Waals surface area (Å²) >= 11 is 1.87. The van der Waals surface area contributed by atoms with Crippen molar-refractivity contribution in [2.75, 3.05) is 44.2 Å². The monoisotopic (exact) mass is 452 g/mol. The van der Waals surface area contributed by atoms with Crippen molar-refractivity contribution in [2.45, 2.75) is 18.4 Å². The van der Waals surface area contributed by atoms with Crippen molar-refractivity contribution in [3.8, 4) is 0 Å². The summed E-state index contributed by atoms with van der Waals surface area (Å²) in [5.41, 5.74) is 0.721. The fourth-order valence-electron chi connectivity index (χ4n) is 4.46. The van der Waals surface area contributed by atoms with E-state index >= 15 is 0 Å². The van der Waals surface area contributed by atoms with Gasteiger partial charge in [0, 0.05) is 49.6 Å². The lowest BCUT2D eigenvalue weighted by atomic mass is 9.84. The second-order valence-corrected chi connectivity index (χ2v) is 9.74. The Bertz CT molecular complexity index is 1090. The van der Waals surface area contributed by atoms with Gasteiger partial charge in [0.15, 0.2) is 5.76 Å². The van der Waals surface area contributed by atoms with Crippen molar-refractivity contribution in [2.24, 2.45) is 0 Å². The third kappa shape index (κ3) is 4.51. The van der Waals surface area contributed by atoms with Gasteiger partial charge >= 0.3 is 0 Å². The van der Waals surface area contributed by atoms with Crippen LogP contribution >= 0.6 is 11.8 Å². The van der Waals surface area contributed by atoms with Crippen LogP contribution in [0, 0.1) is 0 Å². The van der Waals surface area contributed by atoms with Gasteiger partial charge in [-0.05, 0) is 54.8 Å². The number of hydrogen-bond donors (Lipinski definition) is 1. The number of carbonyl (C=O) groups excluding carboxylic acids is 1. The lowest BCUT2D eigenvalue weighted by molar-refractivity contribution is -0.0232. The molecule has 2 fully saturated rings. The second-order valence-electron chi connectivity index (χ2n) is 8.52. The second kappa shape index (κ2) is 9.17. The predicted molar refractivity (Wildman–Crippen MR) is 127 cm³/mol. The van der Waals surface area contributed by atoms with E-state index in [1.54, 1.807) is 6.26 Å². The van der Waals surface area contributed by atoms with Crippen LogP contribution in [-0.4, -0.2) is 65.0 Å². The zero-order valence-corrected chi connectivity index (χ0v) is 18.9. The number of hydrogen-bond acceptors (Lipinski definition) is 6. The van der Waals surface area contributed by atoms with E-state index in [0.29, 0.717) is 24.2 Å². The minimum atomic E-state index is -0.860. The Labute approximate surface area is 191 Å². The highest BCUT2D eigenvalue weighted by atomic mass is 32.2. The van der Waals surface area contributed by atoms with E-state index in [9.17, 15) is 9.90 Å². The summed E-state index contributed by atoms with van der Waals surface area (Å²) in [4.78, 5) is 17.0. The first-order chi connectivity index (χ1) is 15.6. The van der Waals surface area contributed by atoms with Crippen molar-refractivity contribution >= 4 is 34.7 Å². The Morgan fingerprint density at radius 1 is 1.12 bits per heavy atom. The molecule has 2 aromatic heterocycles. The molecule has 5 rings (SSSR count). The van der Waals surface area contributed by atoms with Gasteiger partial charge in [-0.25, -0.2) is 0 Å². The minimum absolute atomic E-state index is 0.0438. The number of nitrogens with zero attached hydrogens (tertiary/aromatic N) is 2. The van der Waals surface area contributed by atoms with Gasteiger partial charge in [0.05, 0.1) is 11.9 Å². The van der Waals surface area contributed by atoms with Crippen LogP contribution in [0.1, 0.15) is 34.7 Å². The van der Waals surface area contributed by atoms with Crippen LogP contribution in [-0.2, 0) is 5.60 Å². The van der Waals surface area contributed by atoms with Crippen LogP contribution in [0.3, 0.4) is 0 Å². The van der Waals surface area contributed by atoms with Crippen molar-refractivity contribution in [1.82, 2.24) is 9.80 Å². The van der Waals surface area contributed by atoms with E-state index in [1.165, 1.54) is 0 Å². The summed E-state index contributed by atoms with van der Waals surface area (Å²) in [6.07, 6.45) is 7.09. The van der Waals surface area contributed by atoms with E-state index in [-0.39, 0.29) is 5.91 Å². The maximum atomic E-state index is 12.8. The molecule has 4 heterocycles. The van der Waals surface area contributed by atoms with Gasteiger partial charge in [0.1, 0.15) is 11.3 Å². The highest BCUT2D eigenvalue weighted by molar-refractivity contribution is 7.99. The lowest BCUT2D eigenvalue weighted by Crippen LogP contribution is -2.42. The standard InChI is InChI=1S/C25H28N2O4S/c28-24(27-12-15-32-16-13-27)23-18-19-17-20(5-6-22(19)31-23)25(29)7-10-26(11-8-25)9-1-3-21-4-2-14-30-21/h1-6,14,17-18,29H,7-13,15-16H2/b3-1+. The molecule has 1 N–H and O–H groups in total. The van der Waals surface area contributed by atoms with Crippen LogP contribution in [0.2, 0.25) is 0 Å². The van der Waals surface area contributed by atoms with E-state index in [4.69, 9.17) is 8.83 Å². The van der Waals surface area contributed by atoms with Gasteiger partial charge in [-0.2, -0.15) is 11.8 Å². The Morgan fingerprint density at radius 3 is 2.69 bits per heavy atom. The van der Waals surface area contributed by atoms with E-state index < -0.39 is 5.60 Å². The number of rotatable bonds is 5. The van der Waals surface area contributed by atoms with Crippen molar-refractivity contribution in [1.29, 1.82) is 0 Å². The minimum Gasteiger partial charge on any atom is -0.465 e. The highest BCUT2D eigenvalue weighted by Crippen LogP contribution is 2.35. The Kier molecular flexibility index (Phi) is 6.13. The maximum Gasteiger partial charge on any atom is 0.289 e. The third-order valence-corrected chi connectivity index (χ3v) is 7.38. The first-order valence-electron chi connectivity index (χ1n) is 11.2. The smallest absolute Gasteiger partial charge is 0.289 e. The SMILES string of the molecule is O=C(c1cc2cc(C3(O)CCN(C/C=C/c4ccco4)CC3)ccc2o1)N1CCSCC1. The number of benzene rings is 1. The number of piperidine rings is 1. The van der Waals surface area contributed by atoms with Crippen LogP contribution in [0.4, 0.5) is 0 Å². The fraction of sp³-hybridized carbons (Fsp3) is 0.400. The number of carbonyl (C=O) groups is 1. The number of thioether (sulfide) groups is 1. The molecule has 0 saturated carbocycles. The molecule has 1 amide bonds. The topological polar surface area (TPSA) is 70.1 Å². The van der Waals surface area contributed by atoms with Crippen molar-refractivity contribution in [3.63, 3.8) is 0 Å². The zero-order chi connectivity index (χ0) is 22.0. The average Bonchev–Trinajstić information content (AvgIpc) is 3.50. The molecular weight excluding hydrogens is 424 g/mol. The van der Waals surface area contributed by atoms with Crippen LogP contribution in [0.25, 0.3) is 17.0 Å². The Morgan fingerprint density at radius 2 is 1.94 bits per heavy atom. The Hall–Kier alpha value is -2.48. The van der Waals surface area contributed by atoms with Gasteiger partial charge in [-0.3, -0.25) is 9.69 Å². The number of aliphatic hydroxyl groups is 1. The molecule has 0 aliphatic carbocycles. The predicted octanol–water partition coefficient (Wildman–Crippen LogP) is 4.21. The van der Waals surface area contributed by atoms with Crippen LogP contribution in [0.15, 0.2) is 57.6 Å². The summed E-state index contributed by atoms with van der Waals surface area (Å²) in [5, 5.41) is 12.2. The molecule has 32 heavy (non-hydrogen) atoms. The number of likely N-dealkylation sites (tertiary alicyclic amines) is 1. The molecule has 7 heteroatoms. The Balaban J connectivity index is 1.24. The summed E-state index contributed by atoms with van der Waals surface area (Å²) in [6, 6.07) is 11.4. The summed E-state index contributed by atoms with van der Waals surface area (Å²) in [7, 11) is 0. The van der Waals surface area contributed by atoms with Gasteiger partial charge < -0.3 is 18.8 Å². The summed E-state index contributed by atoms with van der Waals surface area (Å²) < 4.78 is 11.2. The maximum absolute atomic E-state index is 12.8. The van der Waals surface area contributed by atoms with Gasteiger partial charge in [0.2, 0.25) is 0 Å². The largest absolute Gasteiger partial charge is 0.465 e. The molecule has 2 saturated heterocycles. The molecule has 0 atom stereocenters. The molecule has 2 aliphatic rings. The molecule has 0 radical (unpaired) electrons. The molecule has 2 aliphatic heterocycles. The normalized spacial score (nSPS) is 19.7. The first-order valence-corrected chi connectivity index (χ1v) is 12.3. The molecule has 1 aromatic carbocycles. The van der Waals surface area contributed by atoms with E-state index in [0.717, 1.165) is 60.9 Å². The molecule has 0 unspecified atom stereocenters. The quantitative estimate of drug-likeness (QED) is 0.625. The summed E-state index contributed by atoms with van der Waals surface area (Å²) in [5.74, 6) is 3.13. The number of fused-ring (bicyclic) bond motifs is 1. The lowest BCUT2D eigenvalue weighted by Gasteiger charge is -2.38. The first kappa shape index (κ1) is 21.4. The van der Waals surface area contributed by atoms with Gasteiger partial charge in [-0.15, -0.1) is 0 Å². The third-order valence-electron chi connectivity index (χ3n) is 6.43. The molecule has 168 valence electrons. The average molecular weight is 453 g/mol. The van der Waals surface area contributed by atoms with E-state index in [1.807, 2.05) is 59.1 Å². The molecule has 3 aromatic rings. The number of furan rings is 2.